The van der Waals surface area contributed by atoms with Crippen molar-refractivity contribution in [1.29, 1.82) is 0 Å². The number of hydrogen-bond acceptors (Lipinski definition) is 4. The van der Waals surface area contributed by atoms with Gasteiger partial charge in [0.25, 0.3) is 10.0 Å². The summed E-state index contributed by atoms with van der Waals surface area (Å²) in [4.78, 5) is 12.4. The summed E-state index contributed by atoms with van der Waals surface area (Å²) in [6.07, 6.45) is 8.12. The summed E-state index contributed by atoms with van der Waals surface area (Å²) >= 11 is 1.09. The van der Waals surface area contributed by atoms with E-state index in [9.17, 15) is 13.2 Å². The number of nitrogens with one attached hydrogen (secondary N) is 1. The first-order valence-corrected chi connectivity index (χ1v) is 14.3. The van der Waals surface area contributed by atoms with Crippen LogP contribution in [0.25, 0.3) is 10.2 Å². The van der Waals surface area contributed by atoms with Crippen molar-refractivity contribution in [3.05, 3.63) is 57.7 Å². The number of hydrogen-bond donors (Lipinski definition) is 1. The topological polar surface area (TPSA) is 68.2 Å². The normalized spacial score (nSPS) is 28.6. The van der Waals surface area contributed by atoms with Crippen LogP contribution in [-0.2, 0) is 15.4 Å². The van der Waals surface area contributed by atoms with Crippen LogP contribution in [-0.4, -0.2) is 13.0 Å². The van der Waals surface area contributed by atoms with Crippen LogP contribution >= 0.6 is 11.3 Å². The van der Waals surface area contributed by atoms with Gasteiger partial charge in [0.1, 0.15) is 0 Å². The van der Waals surface area contributed by atoms with Gasteiger partial charge in [-0.05, 0) is 111 Å². The minimum atomic E-state index is -3.74. The van der Waals surface area contributed by atoms with Gasteiger partial charge in [0, 0.05) is 11.7 Å². The maximum absolute atomic E-state index is 13.1. The van der Waals surface area contributed by atoms with Crippen LogP contribution in [0.2, 0.25) is 0 Å². The second-order valence-corrected chi connectivity index (χ2v) is 13.5. The van der Waals surface area contributed by atoms with Crippen molar-refractivity contribution in [2.45, 2.75) is 68.7 Å². The fourth-order valence-electron chi connectivity index (χ4n) is 7.24. The molecular weight excluding hydrogens is 452 g/mol. The summed E-state index contributed by atoms with van der Waals surface area (Å²) in [7, 11) is -3.74. The lowest BCUT2D eigenvalue weighted by Gasteiger charge is -2.57. The quantitative estimate of drug-likeness (QED) is 0.491. The molecule has 5 nitrogen and oxygen atoms in total. The Kier molecular flexibility index (Phi) is 4.83. The van der Waals surface area contributed by atoms with E-state index >= 15 is 0 Å². The number of nitrogens with zero attached hydrogens (tertiary/aromatic N) is 1. The molecule has 0 radical (unpaired) electrons. The zero-order chi connectivity index (χ0) is 23.0. The summed E-state index contributed by atoms with van der Waals surface area (Å²) in [5.74, 6) is 2.64. The first-order chi connectivity index (χ1) is 15.7. The fraction of sp³-hybridized carbons (Fsp3) is 0.500. The van der Waals surface area contributed by atoms with Crippen LogP contribution in [0.3, 0.4) is 0 Å². The summed E-state index contributed by atoms with van der Waals surface area (Å²) in [5, 5.41) is 0. The SMILES string of the molecule is CC(C)n1c(=O)sc2cc(S(=O)(=O)Nc3ccc(C45CC6CC(CC(C6)C4)C5)cc3)ccc21. The second kappa shape index (κ2) is 7.44. The lowest BCUT2D eigenvalue weighted by molar-refractivity contribution is -0.00518. The predicted octanol–water partition coefficient (Wildman–Crippen LogP) is 5.91. The molecule has 1 N–H and O–H groups in total. The van der Waals surface area contributed by atoms with Gasteiger partial charge in [-0.2, -0.15) is 0 Å². The molecule has 1 aromatic heterocycles. The molecule has 4 bridgehead atoms. The molecule has 4 fully saturated rings. The van der Waals surface area contributed by atoms with Gasteiger partial charge in [-0.25, -0.2) is 8.42 Å². The molecule has 33 heavy (non-hydrogen) atoms. The Morgan fingerprint density at radius 2 is 1.58 bits per heavy atom. The predicted molar refractivity (Wildman–Crippen MR) is 134 cm³/mol. The molecule has 1 heterocycles. The zero-order valence-electron chi connectivity index (χ0n) is 19.1. The molecule has 0 spiro atoms. The molecule has 0 unspecified atom stereocenters. The summed E-state index contributed by atoms with van der Waals surface area (Å²) in [5.41, 5.74) is 3.04. The number of fused-ring (bicyclic) bond motifs is 1. The molecule has 4 saturated carbocycles. The summed E-state index contributed by atoms with van der Waals surface area (Å²) in [6.45, 7) is 3.90. The van der Waals surface area contributed by atoms with E-state index in [2.05, 4.69) is 16.9 Å². The van der Waals surface area contributed by atoms with Gasteiger partial charge >= 0.3 is 4.87 Å². The Morgan fingerprint density at radius 1 is 0.970 bits per heavy atom. The minimum absolute atomic E-state index is 0.0271. The lowest BCUT2D eigenvalue weighted by Crippen LogP contribution is -2.48. The maximum atomic E-state index is 13.1. The van der Waals surface area contributed by atoms with Gasteiger partial charge in [-0.15, -0.1) is 0 Å². The Hall–Kier alpha value is -2.12. The highest BCUT2D eigenvalue weighted by atomic mass is 32.2. The van der Waals surface area contributed by atoms with E-state index in [-0.39, 0.29) is 15.8 Å². The molecule has 0 saturated heterocycles. The lowest BCUT2D eigenvalue weighted by atomic mass is 9.48. The maximum Gasteiger partial charge on any atom is 0.308 e. The molecular formula is C26H30N2O3S2. The number of aromatic nitrogens is 1. The minimum Gasteiger partial charge on any atom is -0.296 e. The number of sulfonamides is 1. The fourth-order valence-corrected chi connectivity index (χ4v) is 9.45. The third-order valence-electron chi connectivity index (χ3n) is 8.20. The van der Waals surface area contributed by atoms with Crippen LogP contribution in [0, 0.1) is 17.8 Å². The third-order valence-corrected chi connectivity index (χ3v) is 10.5. The van der Waals surface area contributed by atoms with Gasteiger partial charge < -0.3 is 0 Å². The molecule has 0 atom stereocenters. The van der Waals surface area contributed by atoms with E-state index < -0.39 is 10.0 Å². The summed E-state index contributed by atoms with van der Waals surface area (Å²) < 4.78 is 31.3. The van der Waals surface area contributed by atoms with Crippen molar-refractivity contribution < 1.29 is 8.42 Å². The van der Waals surface area contributed by atoms with Crippen molar-refractivity contribution in [3.8, 4) is 0 Å². The van der Waals surface area contributed by atoms with Gasteiger partial charge in [0.15, 0.2) is 0 Å². The van der Waals surface area contributed by atoms with E-state index in [1.165, 1.54) is 44.1 Å². The molecule has 0 aliphatic heterocycles. The number of anilines is 1. The van der Waals surface area contributed by atoms with E-state index in [0.717, 1.165) is 34.6 Å². The molecule has 0 amide bonds. The summed E-state index contributed by atoms with van der Waals surface area (Å²) in [6, 6.07) is 13.1. The molecule has 4 aliphatic rings. The van der Waals surface area contributed by atoms with Gasteiger partial charge in [0.05, 0.1) is 15.1 Å². The molecule has 7 rings (SSSR count). The van der Waals surface area contributed by atoms with Crippen LogP contribution in [0.4, 0.5) is 5.69 Å². The largest absolute Gasteiger partial charge is 0.308 e. The highest BCUT2D eigenvalue weighted by Gasteiger charge is 2.51. The van der Waals surface area contributed by atoms with E-state index in [1.54, 1.807) is 22.8 Å². The smallest absolute Gasteiger partial charge is 0.296 e. The first kappa shape index (κ1) is 21.4. The van der Waals surface area contributed by atoms with Gasteiger partial charge in [-0.3, -0.25) is 14.1 Å². The van der Waals surface area contributed by atoms with Crippen LogP contribution in [0.1, 0.15) is 64.0 Å². The molecule has 3 aromatic rings. The van der Waals surface area contributed by atoms with E-state index in [0.29, 0.717) is 15.8 Å². The monoisotopic (exact) mass is 482 g/mol. The molecule has 174 valence electrons. The van der Waals surface area contributed by atoms with Crippen molar-refractivity contribution in [2.75, 3.05) is 4.72 Å². The average Bonchev–Trinajstić information content (AvgIpc) is 3.08. The van der Waals surface area contributed by atoms with Crippen LogP contribution in [0.15, 0.2) is 52.2 Å². The molecule has 7 heteroatoms. The Labute approximate surface area is 198 Å². The Morgan fingerprint density at radius 3 is 2.15 bits per heavy atom. The number of thiazole rings is 1. The Bertz CT molecular complexity index is 1350. The second-order valence-electron chi connectivity index (χ2n) is 10.8. The van der Waals surface area contributed by atoms with Gasteiger partial charge in [0.2, 0.25) is 0 Å². The zero-order valence-corrected chi connectivity index (χ0v) is 20.7. The molecule has 2 aromatic carbocycles. The van der Waals surface area contributed by atoms with Crippen LogP contribution in [0.5, 0.6) is 0 Å². The van der Waals surface area contributed by atoms with Gasteiger partial charge in [-0.1, -0.05) is 23.5 Å². The Balaban J connectivity index is 1.25. The number of rotatable bonds is 5. The van der Waals surface area contributed by atoms with E-state index in [1.807, 2.05) is 26.0 Å². The van der Waals surface area contributed by atoms with E-state index in [4.69, 9.17) is 0 Å². The van der Waals surface area contributed by atoms with Crippen molar-refractivity contribution >= 4 is 37.3 Å². The van der Waals surface area contributed by atoms with Crippen molar-refractivity contribution in [1.82, 2.24) is 4.57 Å². The highest BCUT2D eigenvalue weighted by Crippen LogP contribution is 2.60. The third kappa shape index (κ3) is 3.55. The standard InChI is InChI=1S/C26H30N2O3S2/c1-16(2)28-23-8-7-22(12-24(23)32-25(28)29)33(30,31)27-21-5-3-20(4-6-21)26-13-17-9-18(14-26)11-19(10-17)15-26/h3-8,12,16-19,27H,9-11,13-15H2,1-2H3. The first-order valence-electron chi connectivity index (χ1n) is 12.0. The number of benzene rings is 2. The molecule has 4 aliphatic carbocycles. The van der Waals surface area contributed by atoms with Crippen molar-refractivity contribution in [2.24, 2.45) is 17.8 Å². The average molecular weight is 483 g/mol. The highest BCUT2D eigenvalue weighted by molar-refractivity contribution is 7.92. The van der Waals surface area contributed by atoms with Crippen LogP contribution < -0.4 is 9.60 Å². The van der Waals surface area contributed by atoms with Crippen molar-refractivity contribution in [3.63, 3.8) is 0 Å².